The summed E-state index contributed by atoms with van der Waals surface area (Å²) in [7, 11) is -0.891. The van der Waals surface area contributed by atoms with Crippen molar-refractivity contribution in [1.29, 1.82) is 0 Å². The van der Waals surface area contributed by atoms with Crippen LogP contribution in [-0.4, -0.2) is 43.2 Å². The number of sulfonamides is 1. The normalized spacial score (nSPS) is 11.2. The Morgan fingerprint density at radius 1 is 1.03 bits per heavy atom. The Labute approximate surface area is 204 Å². The average Bonchev–Trinajstić information content (AvgIpc) is 3.21. The molecule has 0 saturated heterocycles. The van der Waals surface area contributed by atoms with Crippen LogP contribution in [0.1, 0.15) is 21.7 Å². The first-order valence-corrected chi connectivity index (χ1v) is 12.2. The van der Waals surface area contributed by atoms with E-state index in [-0.39, 0.29) is 10.5 Å². The van der Waals surface area contributed by atoms with Crippen molar-refractivity contribution in [3.05, 3.63) is 89.9 Å². The molecule has 180 valence electrons. The standard InChI is InChI=1S/C25H25N5O4S/c1-17-14-18(2)30(28-17)24-13-8-20(16-26-24)27-25(31)19-6-5-7-23(15-19)35(32,33)29(3)21-9-11-22(34-4)12-10-21/h5-16H,1-4H3,(H,27,31). The number of benzene rings is 2. The molecule has 0 aliphatic rings. The number of ether oxygens (including phenoxy) is 1. The Kier molecular flexibility index (Phi) is 6.57. The summed E-state index contributed by atoms with van der Waals surface area (Å²) in [6, 6.07) is 18.0. The van der Waals surface area contributed by atoms with Crippen LogP contribution in [0.15, 0.2) is 77.8 Å². The second kappa shape index (κ2) is 9.59. The zero-order chi connectivity index (χ0) is 25.2. The molecule has 2 aromatic carbocycles. The highest BCUT2D eigenvalue weighted by molar-refractivity contribution is 7.92. The predicted molar refractivity (Wildman–Crippen MR) is 134 cm³/mol. The summed E-state index contributed by atoms with van der Waals surface area (Å²) in [6.45, 7) is 3.84. The highest BCUT2D eigenvalue weighted by atomic mass is 32.2. The van der Waals surface area contributed by atoms with Crippen molar-refractivity contribution in [1.82, 2.24) is 14.8 Å². The van der Waals surface area contributed by atoms with Gasteiger partial charge in [0.05, 0.1) is 35.3 Å². The minimum Gasteiger partial charge on any atom is -0.497 e. The maximum atomic E-state index is 13.2. The van der Waals surface area contributed by atoms with Crippen molar-refractivity contribution in [2.75, 3.05) is 23.8 Å². The van der Waals surface area contributed by atoms with Crippen molar-refractivity contribution < 1.29 is 17.9 Å². The summed E-state index contributed by atoms with van der Waals surface area (Å²) < 4.78 is 34.3. The molecule has 0 unspecified atom stereocenters. The highest BCUT2D eigenvalue weighted by Crippen LogP contribution is 2.25. The lowest BCUT2D eigenvalue weighted by Gasteiger charge is -2.20. The molecular formula is C25H25N5O4S. The molecule has 1 amide bonds. The van der Waals surface area contributed by atoms with Gasteiger partial charge in [0.1, 0.15) is 5.75 Å². The third-order valence-electron chi connectivity index (χ3n) is 5.42. The molecule has 0 saturated carbocycles. The fourth-order valence-corrected chi connectivity index (χ4v) is 4.78. The molecule has 0 bridgehead atoms. The van der Waals surface area contributed by atoms with Crippen molar-refractivity contribution in [3.8, 4) is 11.6 Å². The number of anilines is 2. The van der Waals surface area contributed by atoms with E-state index in [2.05, 4.69) is 15.4 Å². The van der Waals surface area contributed by atoms with Gasteiger partial charge in [0, 0.05) is 18.3 Å². The largest absolute Gasteiger partial charge is 0.497 e. The molecule has 1 N–H and O–H groups in total. The molecule has 4 aromatic rings. The maximum absolute atomic E-state index is 13.2. The van der Waals surface area contributed by atoms with Crippen molar-refractivity contribution in [2.24, 2.45) is 0 Å². The maximum Gasteiger partial charge on any atom is 0.264 e. The summed E-state index contributed by atoms with van der Waals surface area (Å²) in [5, 5.41) is 7.15. The first-order chi connectivity index (χ1) is 16.7. The highest BCUT2D eigenvalue weighted by Gasteiger charge is 2.22. The molecule has 0 fully saturated rings. The number of nitrogens with one attached hydrogen (secondary N) is 1. The molecule has 2 aromatic heterocycles. The molecule has 0 radical (unpaired) electrons. The molecule has 2 heterocycles. The number of carbonyl (C=O) groups is 1. The van der Waals surface area contributed by atoms with E-state index >= 15 is 0 Å². The van der Waals surface area contributed by atoms with E-state index in [1.807, 2.05) is 19.9 Å². The van der Waals surface area contributed by atoms with Gasteiger partial charge in [-0.2, -0.15) is 5.10 Å². The Hall–Kier alpha value is -4.18. The van der Waals surface area contributed by atoms with Crippen molar-refractivity contribution in [2.45, 2.75) is 18.7 Å². The third-order valence-corrected chi connectivity index (χ3v) is 7.20. The van der Waals surface area contributed by atoms with Gasteiger partial charge in [0.25, 0.3) is 15.9 Å². The van der Waals surface area contributed by atoms with Crippen LogP contribution >= 0.6 is 0 Å². The summed E-state index contributed by atoms with van der Waals surface area (Å²) >= 11 is 0. The van der Waals surface area contributed by atoms with Gasteiger partial charge >= 0.3 is 0 Å². The molecule has 0 aliphatic carbocycles. The number of methoxy groups -OCH3 is 1. The minimum atomic E-state index is -3.89. The number of aromatic nitrogens is 3. The van der Waals surface area contributed by atoms with E-state index in [1.165, 1.54) is 38.6 Å². The Morgan fingerprint density at radius 3 is 2.37 bits per heavy atom. The third kappa shape index (κ3) is 5.02. The van der Waals surface area contributed by atoms with Gasteiger partial charge in [-0.3, -0.25) is 9.10 Å². The number of nitrogens with zero attached hydrogens (tertiary/aromatic N) is 4. The molecular weight excluding hydrogens is 466 g/mol. The van der Waals surface area contributed by atoms with Crippen LogP contribution in [-0.2, 0) is 10.0 Å². The quantitative estimate of drug-likeness (QED) is 0.419. The number of amides is 1. The number of hydrogen-bond acceptors (Lipinski definition) is 6. The molecule has 10 heteroatoms. The van der Waals surface area contributed by atoms with Gasteiger partial charge in [-0.1, -0.05) is 6.07 Å². The fraction of sp³-hybridized carbons (Fsp3) is 0.160. The van der Waals surface area contributed by atoms with E-state index in [0.717, 1.165) is 15.7 Å². The van der Waals surface area contributed by atoms with Crippen molar-refractivity contribution in [3.63, 3.8) is 0 Å². The lowest BCUT2D eigenvalue weighted by Crippen LogP contribution is -2.26. The van der Waals surface area contributed by atoms with E-state index < -0.39 is 15.9 Å². The van der Waals surface area contributed by atoms with Crippen LogP contribution in [0.3, 0.4) is 0 Å². The lowest BCUT2D eigenvalue weighted by atomic mass is 10.2. The van der Waals surface area contributed by atoms with Crippen LogP contribution in [0.2, 0.25) is 0 Å². The molecule has 35 heavy (non-hydrogen) atoms. The van der Waals surface area contributed by atoms with E-state index in [9.17, 15) is 13.2 Å². The summed E-state index contributed by atoms with van der Waals surface area (Å²) in [5.74, 6) is 0.800. The molecule has 0 aliphatic heterocycles. The SMILES string of the molecule is COc1ccc(N(C)S(=O)(=O)c2cccc(C(=O)Nc3ccc(-n4nc(C)cc4C)nc3)c2)cc1. The van der Waals surface area contributed by atoms with Gasteiger partial charge in [-0.15, -0.1) is 0 Å². The van der Waals surface area contributed by atoms with Crippen molar-refractivity contribution >= 4 is 27.3 Å². The van der Waals surface area contributed by atoms with Crippen LogP contribution in [0.4, 0.5) is 11.4 Å². The first-order valence-electron chi connectivity index (χ1n) is 10.7. The average molecular weight is 492 g/mol. The number of carbonyl (C=O) groups excluding carboxylic acids is 1. The van der Waals surface area contributed by atoms with Crippen LogP contribution in [0, 0.1) is 13.8 Å². The number of aryl methyl sites for hydroxylation is 2. The van der Waals surface area contributed by atoms with Crippen LogP contribution < -0.4 is 14.4 Å². The summed E-state index contributed by atoms with van der Waals surface area (Å²) in [4.78, 5) is 17.2. The first kappa shape index (κ1) is 24.0. The zero-order valence-corrected chi connectivity index (χ0v) is 20.6. The minimum absolute atomic E-state index is 0.00136. The Balaban J connectivity index is 1.52. The lowest BCUT2D eigenvalue weighted by molar-refractivity contribution is 0.102. The van der Waals surface area contributed by atoms with Gasteiger partial charge in [0.15, 0.2) is 5.82 Å². The second-order valence-corrected chi connectivity index (χ2v) is 9.87. The van der Waals surface area contributed by atoms with E-state index in [0.29, 0.717) is 22.9 Å². The Bertz CT molecular complexity index is 1460. The van der Waals surface area contributed by atoms with Gasteiger partial charge in [0.2, 0.25) is 0 Å². The number of hydrogen-bond donors (Lipinski definition) is 1. The number of pyridine rings is 1. The summed E-state index contributed by atoms with van der Waals surface area (Å²) in [6.07, 6.45) is 1.53. The summed E-state index contributed by atoms with van der Waals surface area (Å²) in [5.41, 5.74) is 2.98. The zero-order valence-electron chi connectivity index (χ0n) is 19.8. The van der Waals surface area contributed by atoms with Gasteiger partial charge < -0.3 is 10.1 Å². The predicted octanol–water partition coefficient (Wildman–Crippen LogP) is 3.97. The smallest absolute Gasteiger partial charge is 0.264 e. The molecule has 0 atom stereocenters. The van der Waals surface area contributed by atoms with Gasteiger partial charge in [-0.25, -0.2) is 18.1 Å². The molecule has 0 spiro atoms. The van der Waals surface area contributed by atoms with Crippen LogP contribution in [0.5, 0.6) is 5.75 Å². The molecule has 9 nitrogen and oxygen atoms in total. The van der Waals surface area contributed by atoms with Gasteiger partial charge in [-0.05, 0) is 74.5 Å². The van der Waals surface area contributed by atoms with E-state index in [1.54, 1.807) is 47.1 Å². The monoisotopic (exact) mass is 491 g/mol. The van der Waals surface area contributed by atoms with Crippen LogP contribution in [0.25, 0.3) is 5.82 Å². The molecule has 4 rings (SSSR count). The number of rotatable bonds is 7. The van der Waals surface area contributed by atoms with E-state index in [4.69, 9.17) is 4.74 Å². The Morgan fingerprint density at radius 2 is 1.77 bits per heavy atom. The second-order valence-electron chi connectivity index (χ2n) is 7.90. The fourth-order valence-electron chi connectivity index (χ4n) is 3.54. The topological polar surface area (TPSA) is 106 Å².